The number of nitrogens with zero attached hydrogens (tertiary/aromatic N) is 1. The molecule has 0 saturated carbocycles. The lowest BCUT2D eigenvalue weighted by molar-refractivity contribution is 0.0784. The number of carbonyl (C=O) groups excluding carboxylic acids is 1. The quantitative estimate of drug-likeness (QED) is 0.555. The fourth-order valence-electron chi connectivity index (χ4n) is 3.05. The molecule has 0 spiro atoms. The molecule has 3 aromatic rings. The van der Waals surface area contributed by atoms with Crippen LogP contribution in [0.3, 0.4) is 0 Å². The van der Waals surface area contributed by atoms with Crippen molar-refractivity contribution in [3.63, 3.8) is 0 Å². The molecule has 3 aromatic carbocycles. The van der Waals surface area contributed by atoms with E-state index in [-0.39, 0.29) is 21.4 Å². The SMILES string of the molecule is COc1ccc(NS(=O)(=O)c2cc(C(=O)N(C)Cc3ccccc3C)ccc2Cl)cc1. The van der Waals surface area contributed by atoms with E-state index in [1.807, 2.05) is 31.2 Å². The van der Waals surface area contributed by atoms with E-state index < -0.39 is 10.0 Å². The van der Waals surface area contributed by atoms with Crippen LogP contribution in [-0.4, -0.2) is 33.4 Å². The Morgan fingerprint density at radius 2 is 1.74 bits per heavy atom. The van der Waals surface area contributed by atoms with Gasteiger partial charge >= 0.3 is 0 Å². The van der Waals surface area contributed by atoms with E-state index >= 15 is 0 Å². The molecule has 0 aromatic heterocycles. The van der Waals surface area contributed by atoms with Crippen LogP contribution in [-0.2, 0) is 16.6 Å². The minimum atomic E-state index is -4.00. The van der Waals surface area contributed by atoms with E-state index in [2.05, 4.69) is 4.72 Å². The molecule has 0 aliphatic carbocycles. The zero-order valence-corrected chi connectivity index (χ0v) is 19.0. The molecular weight excluding hydrogens is 436 g/mol. The fourth-order valence-corrected chi connectivity index (χ4v) is 4.63. The Hall–Kier alpha value is -3.03. The second-order valence-corrected chi connectivity index (χ2v) is 9.12. The molecule has 6 nitrogen and oxygen atoms in total. The van der Waals surface area contributed by atoms with Crippen LogP contribution < -0.4 is 9.46 Å². The van der Waals surface area contributed by atoms with E-state index in [1.165, 1.54) is 25.3 Å². The van der Waals surface area contributed by atoms with Crippen molar-refractivity contribution in [1.82, 2.24) is 4.90 Å². The Bertz CT molecular complexity index is 1190. The lowest BCUT2D eigenvalue weighted by Crippen LogP contribution is -2.27. The predicted molar refractivity (Wildman–Crippen MR) is 122 cm³/mol. The average molecular weight is 459 g/mol. The summed E-state index contributed by atoms with van der Waals surface area (Å²) >= 11 is 6.17. The molecule has 0 aliphatic rings. The van der Waals surface area contributed by atoms with Gasteiger partial charge in [-0.25, -0.2) is 8.42 Å². The normalized spacial score (nSPS) is 11.1. The third kappa shape index (κ3) is 5.37. The molecule has 3 rings (SSSR count). The Morgan fingerprint density at radius 1 is 1.06 bits per heavy atom. The van der Waals surface area contributed by atoms with Crippen LogP contribution in [0.1, 0.15) is 21.5 Å². The molecular formula is C23H23ClN2O4S. The number of ether oxygens (including phenoxy) is 1. The van der Waals surface area contributed by atoms with Crippen molar-refractivity contribution in [2.45, 2.75) is 18.4 Å². The van der Waals surface area contributed by atoms with Gasteiger partial charge in [0.25, 0.3) is 15.9 Å². The molecule has 0 atom stereocenters. The third-order valence-electron chi connectivity index (χ3n) is 4.83. The first-order chi connectivity index (χ1) is 14.7. The van der Waals surface area contributed by atoms with Gasteiger partial charge in [-0.2, -0.15) is 0 Å². The van der Waals surface area contributed by atoms with Gasteiger partial charge in [0.2, 0.25) is 0 Å². The van der Waals surface area contributed by atoms with Gasteiger partial charge in [-0.15, -0.1) is 0 Å². The lowest BCUT2D eigenvalue weighted by atomic mass is 10.1. The van der Waals surface area contributed by atoms with Gasteiger partial charge in [0.1, 0.15) is 10.6 Å². The molecule has 8 heteroatoms. The smallest absolute Gasteiger partial charge is 0.263 e. The summed E-state index contributed by atoms with van der Waals surface area (Å²) in [4.78, 5) is 14.3. The molecule has 0 radical (unpaired) electrons. The standard InChI is InChI=1S/C23H23ClN2O4S/c1-16-6-4-5-7-18(16)15-26(2)23(27)17-8-13-21(24)22(14-17)31(28,29)25-19-9-11-20(30-3)12-10-19/h4-14,25H,15H2,1-3H3. The first-order valence-corrected chi connectivity index (χ1v) is 11.3. The zero-order chi connectivity index (χ0) is 22.6. The summed E-state index contributed by atoms with van der Waals surface area (Å²) in [7, 11) is -0.805. The minimum absolute atomic E-state index is 0.0270. The lowest BCUT2D eigenvalue weighted by Gasteiger charge is -2.19. The van der Waals surface area contributed by atoms with Crippen molar-refractivity contribution in [3.05, 3.63) is 88.4 Å². The highest BCUT2D eigenvalue weighted by atomic mass is 35.5. The maximum atomic E-state index is 12.9. The molecule has 0 bridgehead atoms. The summed E-state index contributed by atoms with van der Waals surface area (Å²) < 4.78 is 33.4. The summed E-state index contributed by atoms with van der Waals surface area (Å²) in [6.45, 7) is 2.38. The number of amides is 1. The van der Waals surface area contributed by atoms with Crippen LogP contribution in [0.15, 0.2) is 71.6 Å². The zero-order valence-electron chi connectivity index (χ0n) is 17.4. The second-order valence-electron chi connectivity index (χ2n) is 7.07. The average Bonchev–Trinajstić information content (AvgIpc) is 2.75. The van der Waals surface area contributed by atoms with Gasteiger partial charge in [-0.05, 0) is 60.5 Å². The van der Waals surface area contributed by atoms with Gasteiger partial charge in [-0.1, -0.05) is 35.9 Å². The number of hydrogen-bond donors (Lipinski definition) is 1. The summed E-state index contributed by atoms with van der Waals surface area (Å²) in [5.74, 6) is 0.297. The van der Waals surface area contributed by atoms with Crippen molar-refractivity contribution in [2.75, 3.05) is 18.9 Å². The van der Waals surface area contributed by atoms with Crippen LogP contribution >= 0.6 is 11.6 Å². The molecule has 31 heavy (non-hydrogen) atoms. The number of methoxy groups -OCH3 is 1. The van der Waals surface area contributed by atoms with Crippen molar-refractivity contribution < 1.29 is 17.9 Å². The summed E-state index contributed by atoms with van der Waals surface area (Å²) in [6.07, 6.45) is 0. The highest BCUT2D eigenvalue weighted by molar-refractivity contribution is 7.92. The Balaban J connectivity index is 1.84. The Morgan fingerprint density at radius 3 is 2.39 bits per heavy atom. The highest BCUT2D eigenvalue weighted by Crippen LogP contribution is 2.26. The van der Waals surface area contributed by atoms with Crippen molar-refractivity contribution >= 4 is 33.2 Å². The highest BCUT2D eigenvalue weighted by Gasteiger charge is 2.22. The topological polar surface area (TPSA) is 75.7 Å². The molecule has 0 heterocycles. The second kappa shape index (κ2) is 9.41. The van der Waals surface area contributed by atoms with Gasteiger partial charge in [-0.3, -0.25) is 9.52 Å². The van der Waals surface area contributed by atoms with Gasteiger partial charge < -0.3 is 9.64 Å². The van der Waals surface area contributed by atoms with Gasteiger partial charge in [0, 0.05) is 24.8 Å². The van der Waals surface area contributed by atoms with E-state index in [1.54, 1.807) is 36.2 Å². The number of aryl methyl sites for hydroxylation is 1. The van der Waals surface area contributed by atoms with E-state index in [0.717, 1.165) is 11.1 Å². The van der Waals surface area contributed by atoms with Crippen molar-refractivity contribution in [3.8, 4) is 5.75 Å². The Kier molecular flexibility index (Phi) is 6.87. The minimum Gasteiger partial charge on any atom is -0.497 e. The molecule has 1 N–H and O–H groups in total. The maximum Gasteiger partial charge on any atom is 0.263 e. The Labute approximate surface area is 187 Å². The number of nitrogens with one attached hydrogen (secondary N) is 1. The summed E-state index contributed by atoms with van der Waals surface area (Å²) in [5.41, 5.74) is 2.67. The first-order valence-electron chi connectivity index (χ1n) is 9.47. The summed E-state index contributed by atoms with van der Waals surface area (Å²) in [6, 6.07) is 18.5. The molecule has 1 amide bonds. The predicted octanol–water partition coefficient (Wildman–Crippen LogP) is 4.73. The monoisotopic (exact) mass is 458 g/mol. The molecule has 0 aliphatic heterocycles. The number of rotatable bonds is 7. The number of halogens is 1. The molecule has 162 valence electrons. The maximum absolute atomic E-state index is 12.9. The van der Waals surface area contributed by atoms with Gasteiger partial charge in [0.05, 0.1) is 12.1 Å². The van der Waals surface area contributed by atoms with Crippen LogP contribution in [0, 0.1) is 6.92 Å². The van der Waals surface area contributed by atoms with Crippen LogP contribution in [0.4, 0.5) is 5.69 Å². The van der Waals surface area contributed by atoms with Crippen LogP contribution in [0.5, 0.6) is 5.75 Å². The first kappa shape index (κ1) is 22.7. The number of sulfonamides is 1. The third-order valence-corrected chi connectivity index (χ3v) is 6.69. The van der Waals surface area contributed by atoms with E-state index in [4.69, 9.17) is 16.3 Å². The number of anilines is 1. The molecule has 0 fully saturated rings. The summed E-state index contributed by atoms with van der Waals surface area (Å²) in [5, 5.41) is 0.0270. The van der Waals surface area contributed by atoms with E-state index in [9.17, 15) is 13.2 Å². The van der Waals surface area contributed by atoms with Crippen molar-refractivity contribution in [1.29, 1.82) is 0 Å². The molecule has 0 saturated heterocycles. The molecule has 0 unspecified atom stereocenters. The fraction of sp³-hybridized carbons (Fsp3) is 0.174. The van der Waals surface area contributed by atoms with E-state index in [0.29, 0.717) is 18.0 Å². The van der Waals surface area contributed by atoms with Crippen LogP contribution in [0.25, 0.3) is 0 Å². The van der Waals surface area contributed by atoms with Gasteiger partial charge in [0.15, 0.2) is 0 Å². The number of hydrogen-bond acceptors (Lipinski definition) is 4. The number of benzene rings is 3. The number of carbonyl (C=O) groups is 1. The van der Waals surface area contributed by atoms with Crippen LogP contribution in [0.2, 0.25) is 5.02 Å². The largest absolute Gasteiger partial charge is 0.497 e. The van der Waals surface area contributed by atoms with Crippen molar-refractivity contribution in [2.24, 2.45) is 0 Å².